The number of anilines is 1. The number of amides is 1. The fourth-order valence-corrected chi connectivity index (χ4v) is 2.93. The maximum absolute atomic E-state index is 12.3. The van der Waals surface area contributed by atoms with Crippen molar-refractivity contribution in [3.8, 4) is 0 Å². The van der Waals surface area contributed by atoms with Crippen molar-refractivity contribution in [2.75, 3.05) is 31.6 Å². The molecule has 1 saturated heterocycles. The molecule has 0 aliphatic carbocycles. The minimum absolute atomic E-state index is 0.0466. The molecule has 26 heavy (non-hydrogen) atoms. The Kier molecular flexibility index (Phi) is 6.74. The van der Waals surface area contributed by atoms with Crippen molar-refractivity contribution < 1.29 is 14.1 Å². The number of nitrogens with zero attached hydrogens (tertiary/aromatic N) is 3. The molecule has 1 aromatic heterocycles. The van der Waals surface area contributed by atoms with Crippen molar-refractivity contribution in [1.82, 2.24) is 15.0 Å². The van der Waals surface area contributed by atoms with Gasteiger partial charge in [-0.25, -0.2) is 0 Å². The van der Waals surface area contributed by atoms with Crippen molar-refractivity contribution >= 4 is 11.6 Å². The molecule has 7 heteroatoms. The molecule has 0 saturated carbocycles. The number of carbonyl (C=O) groups excluding carboxylic acids is 1. The zero-order valence-electron chi connectivity index (χ0n) is 15.2. The van der Waals surface area contributed by atoms with E-state index in [1.54, 1.807) is 0 Å². The Morgan fingerprint density at radius 2 is 2.04 bits per heavy atom. The van der Waals surface area contributed by atoms with Gasteiger partial charge in [-0.1, -0.05) is 30.3 Å². The second-order valence-electron chi connectivity index (χ2n) is 6.45. The third-order valence-corrected chi connectivity index (χ3v) is 4.34. The van der Waals surface area contributed by atoms with Gasteiger partial charge in [-0.3, -0.25) is 9.69 Å². The summed E-state index contributed by atoms with van der Waals surface area (Å²) in [5.41, 5.74) is 1.98. The number of aryl methyl sites for hydroxylation is 2. The molecule has 2 aromatic rings. The summed E-state index contributed by atoms with van der Waals surface area (Å²) in [5.74, 6) is 1.18. The van der Waals surface area contributed by atoms with E-state index in [0.29, 0.717) is 24.6 Å². The number of rotatable bonds is 8. The molecular formula is C19H26N4O3. The van der Waals surface area contributed by atoms with E-state index in [0.717, 1.165) is 56.9 Å². The summed E-state index contributed by atoms with van der Waals surface area (Å²) in [5, 5.41) is 6.93. The first-order chi connectivity index (χ1) is 12.7. The van der Waals surface area contributed by atoms with E-state index < -0.39 is 0 Å². The standard InChI is InChI=1S/C19H26N4O3/c1-2-5-17-21-19(26-22-17)9-8-18(24)20-16-7-4-3-6-15(16)14-23-10-12-25-13-11-23/h3-4,6-7H,2,5,8-14H2,1H3,(H,20,24). The molecule has 1 N–H and O–H groups in total. The average Bonchev–Trinajstić information content (AvgIpc) is 3.10. The number of ether oxygens (including phenoxy) is 1. The van der Waals surface area contributed by atoms with Crippen LogP contribution in [0.3, 0.4) is 0 Å². The van der Waals surface area contributed by atoms with E-state index >= 15 is 0 Å². The number of carbonyl (C=O) groups is 1. The van der Waals surface area contributed by atoms with Gasteiger partial charge in [0.2, 0.25) is 11.8 Å². The van der Waals surface area contributed by atoms with Crippen molar-refractivity contribution in [1.29, 1.82) is 0 Å². The van der Waals surface area contributed by atoms with Crippen LogP contribution >= 0.6 is 0 Å². The molecule has 2 heterocycles. The van der Waals surface area contributed by atoms with E-state index in [4.69, 9.17) is 9.26 Å². The highest BCUT2D eigenvalue weighted by atomic mass is 16.5. The predicted octanol–water partition coefficient (Wildman–Crippen LogP) is 2.43. The molecule has 3 rings (SSSR count). The zero-order chi connectivity index (χ0) is 18.2. The van der Waals surface area contributed by atoms with Gasteiger partial charge in [0.25, 0.3) is 0 Å². The highest BCUT2D eigenvalue weighted by molar-refractivity contribution is 5.91. The van der Waals surface area contributed by atoms with Gasteiger partial charge in [-0.2, -0.15) is 4.98 Å². The minimum Gasteiger partial charge on any atom is -0.379 e. The topological polar surface area (TPSA) is 80.5 Å². The number of hydrogen-bond donors (Lipinski definition) is 1. The third-order valence-electron chi connectivity index (χ3n) is 4.34. The van der Waals surface area contributed by atoms with Crippen LogP contribution in [0, 0.1) is 0 Å². The van der Waals surface area contributed by atoms with Gasteiger partial charge in [0.15, 0.2) is 5.82 Å². The lowest BCUT2D eigenvalue weighted by Gasteiger charge is -2.27. The van der Waals surface area contributed by atoms with Gasteiger partial charge in [0, 0.05) is 44.6 Å². The molecule has 1 aliphatic heterocycles. The molecular weight excluding hydrogens is 332 g/mol. The molecule has 1 fully saturated rings. The van der Waals surface area contributed by atoms with Gasteiger partial charge in [-0.05, 0) is 18.1 Å². The average molecular weight is 358 g/mol. The minimum atomic E-state index is -0.0466. The Morgan fingerprint density at radius 1 is 1.23 bits per heavy atom. The monoisotopic (exact) mass is 358 g/mol. The summed E-state index contributed by atoms with van der Waals surface area (Å²) in [7, 11) is 0. The maximum atomic E-state index is 12.3. The van der Waals surface area contributed by atoms with Crippen LogP contribution in [0.5, 0.6) is 0 Å². The molecule has 140 valence electrons. The van der Waals surface area contributed by atoms with Crippen molar-refractivity contribution in [3.05, 3.63) is 41.5 Å². The summed E-state index contributed by atoms with van der Waals surface area (Å²) < 4.78 is 10.6. The quantitative estimate of drug-likeness (QED) is 0.781. The maximum Gasteiger partial charge on any atom is 0.227 e. The van der Waals surface area contributed by atoms with Gasteiger partial charge in [-0.15, -0.1) is 0 Å². The second kappa shape index (κ2) is 9.45. The highest BCUT2D eigenvalue weighted by Crippen LogP contribution is 2.18. The van der Waals surface area contributed by atoms with Crippen LogP contribution in [0.25, 0.3) is 0 Å². The first-order valence-corrected chi connectivity index (χ1v) is 9.24. The summed E-state index contributed by atoms with van der Waals surface area (Å²) in [6, 6.07) is 7.94. The summed E-state index contributed by atoms with van der Waals surface area (Å²) in [4.78, 5) is 19.0. The SMILES string of the molecule is CCCc1noc(CCC(=O)Nc2ccccc2CN2CCOCC2)n1. The molecule has 0 radical (unpaired) electrons. The molecule has 0 spiro atoms. The molecule has 1 aromatic carbocycles. The van der Waals surface area contributed by atoms with Crippen LogP contribution in [-0.2, 0) is 28.9 Å². The fourth-order valence-electron chi connectivity index (χ4n) is 2.93. The molecule has 0 unspecified atom stereocenters. The van der Waals surface area contributed by atoms with Gasteiger partial charge < -0.3 is 14.6 Å². The summed E-state index contributed by atoms with van der Waals surface area (Å²) in [6.45, 7) is 6.23. The Hall–Kier alpha value is -2.25. The number of para-hydroxylation sites is 1. The lowest BCUT2D eigenvalue weighted by molar-refractivity contribution is -0.116. The Labute approximate surface area is 153 Å². The first kappa shape index (κ1) is 18.5. The Bertz CT molecular complexity index is 710. The van der Waals surface area contributed by atoms with E-state index in [2.05, 4.69) is 33.3 Å². The van der Waals surface area contributed by atoms with Crippen LogP contribution in [0.2, 0.25) is 0 Å². The van der Waals surface area contributed by atoms with Crippen molar-refractivity contribution in [2.24, 2.45) is 0 Å². The van der Waals surface area contributed by atoms with Crippen LogP contribution < -0.4 is 5.32 Å². The van der Waals surface area contributed by atoms with E-state index in [1.807, 2.05) is 18.2 Å². The van der Waals surface area contributed by atoms with Crippen LogP contribution in [0.15, 0.2) is 28.8 Å². The Balaban J connectivity index is 1.53. The zero-order valence-corrected chi connectivity index (χ0v) is 15.2. The summed E-state index contributed by atoms with van der Waals surface area (Å²) >= 11 is 0. The number of morpholine rings is 1. The van der Waals surface area contributed by atoms with E-state index in [9.17, 15) is 4.79 Å². The lowest BCUT2D eigenvalue weighted by Crippen LogP contribution is -2.35. The van der Waals surface area contributed by atoms with Crippen molar-refractivity contribution in [2.45, 2.75) is 39.2 Å². The van der Waals surface area contributed by atoms with Gasteiger partial charge >= 0.3 is 0 Å². The largest absolute Gasteiger partial charge is 0.379 e. The fraction of sp³-hybridized carbons (Fsp3) is 0.526. The van der Waals surface area contributed by atoms with Gasteiger partial charge in [0.05, 0.1) is 13.2 Å². The molecule has 1 aliphatic rings. The molecule has 1 amide bonds. The number of nitrogens with one attached hydrogen (secondary N) is 1. The highest BCUT2D eigenvalue weighted by Gasteiger charge is 2.14. The molecule has 0 atom stereocenters. The number of hydrogen-bond acceptors (Lipinski definition) is 6. The smallest absolute Gasteiger partial charge is 0.227 e. The van der Waals surface area contributed by atoms with Crippen molar-refractivity contribution in [3.63, 3.8) is 0 Å². The number of aromatic nitrogens is 2. The van der Waals surface area contributed by atoms with Crippen LogP contribution in [0.4, 0.5) is 5.69 Å². The second-order valence-corrected chi connectivity index (χ2v) is 6.45. The predicted molar refractivity (Wildman–Crippen MR) is 97.8 cm³/mol. The summed E-state index contributed by atoms with van der Waals surface area (Å²) in [6.07, 6.45) is 2.54. The van der Waals surface area contributed by atoms with Crippen LogP contribution in [-0.4, -0.2) is 47.3 Å². The molecule has 7 nitrogen and oxygen atoms in total. The van der Waals surface area contributed by atoms with Gasteiger partial charge in [0.1, 0.15) is 0 Å². The Morgan fingerprint density at radius 3 is 2.85 bits per heavy atom. The lowest BCUT2D eigenvalue weighted by atomic mass is 10.1. The van der Waals surface area contributed by atoms with E-state index in [-0.39, 0.29) is 5.91 Å². The number of benzene rings is 1. The van der Waals surface area contributed by atoms with Crippen LogP contribution in [0.1, 0.15) is 37.0 Å². The molecule has 0 bridgehead atoms. The normalized spacial score (nSPS) is 15.1. The first-order valence-electron chi connectivity index (χ1n) is 9.24. The van der Waals surface area contributed by atoms with E-state index in [1.165, 1.54) is 0 Å². The third kappa shape index (κ3) is 5.37.